The molecule has 1 unspecified atom stereocenters. The Morgan fingerprint density at radius 2 is 2.21 bits per heavy atom. The summed E-state index contributed by atoms with van der Waals surface area (Å²) in [5.74, 6) is 0. The predicted octanol–water partition coefficient (Wildman–Crippen LogP) is 1.51. The van der Waals surface area contributed by atoms with Gasteiger partial charge in [-0.15, -0.1) is 11.3 Å². The van der Waals surface area contributed by atoms with E-state index in [0.717, 1.165) is 4.88 Å². The lowest BCUT2D eigenvalue weighted by atomic mass is 10.4. The highest BCUT2D eigenvalue weighted by atomic mass is 32.2. The first-order chi connectivity index (χ1) is 8.98. The molecule has 0 aromatic carbocycles. The van der Waals surface area contributed by atoms with Gasteiger partial charge in [-0.1, -0.05) is 6.92 Å². The average molecular weight is 306 g/mol. The fourth-order valence-corrected chi connectivity index (χ4v) is 5.07. The van der Waals surface area contributed by atoms with E-state index in [1.807, 2.05) is 19.2 Å². The highest BCUT2D eigenvalue weighted by Crippen LogP contribution is 2.26. The lowest BCUT2D eigenvalue weighted by Crippen LogP contribution is -2.41. The van der Waals surface area contributed by atoms with E-state index in [9.17, 15) is 8.42 Å². The Kier molecular flexibility index (Phi) is 6.41. The molecule has 0 saturated carbocycles. The third kappa shape index (κ3) is 3.76. The third-order valence-electron chi connectivity index (χ3n) is 2.84. The van der Waals surface area contributed by atoms with E-state index in [1.54, 1.807) is 20.2 Å². The smallest absolute Gasteiger partial charge is 0.244 e. The molecular weight excluding hydrogens is 284 g/mol. The molecule has 0 bridgehead atoms. The number of hydrogen-bond acceptors (Lipinski definition) is 5. The molecule has 1 aromatic rings. The molecular formula is C12H22N2O3S2. The summed E-state index contributed by atoms with van der Waals surface area (Å²) in [5.41, 5.74) is 0. The third-order valence-corrected chi connectivity index (χ3v) is 6.06. The quantitative estimate of drug-likeness (QED) is 0.791. The van der Waals surface area contributed by atoms with Crippen molar-refractivity contribution in [2.45, 2.75) is 31.3 Å². The van der Waals surface area contributed by atoms with Crippen molar-refractivity contribution in [1.82, 2.24) is 9.62 Å². The zero-order valence-electron chi connectivity index (χ0n) is 11.8. The molecule has 1 atom stereocenters. The molecule has 0 saturated heterocycles. The topological polar surface area (TPSA) is 58.6 Å². The average Bonchev–Trinajstić information content (AvgIpc) is 2.79. The van der Waals surface area contributed by atoms with Crippen LogP contribution < -0.4 is 5.32 Å². The van der Waals surface area contributed by atoms with Crippen molar-refractivity contribution in [2.75, 3.05) is 27.3 Å². The number of hydrogen-bond donors (Lipinski definition) is 1. The Bertz CT molecular complexity index is 485. The maximum Gasteiger partial charge on any atom is 0.244 e. The molecule has 1 heterocycles. The standard InChI is InChI=1S/C12H22N2O3S2/c1-5-14(10(2)9-17-4)19(15,16)12-6-7-18-11(12)8-13-3/h6-7,10,13H,5,8-9H2,1-4H3. The SMILES string of the molecule is CCN(C(C)COC)S(=O)(=O)c1ccsc1CNC. The summed E-state index contributed by atoms with van der Waals surface area (Å²) in [6.07, 6.45) is 0. The van der Waals surface area contributed by atoms with Gasteiger partial charge in [0.2, 0.25) is 10.0 Å². The molecule has 1 N–H and O–H groups in total. The molecule has 0 radical (unpaired) electrons. The van der Waals surface area contributed by atoms with Gasteiger partial charge in [0.25, 0.3) is 0 Å². The van der Waals surface area contributed by atoms with Crippen LogP contribution in [0.25, 0.3) is 0 Å². The second kappa shape index (κ2) is 7.35. The van der Waals surface area contributed by atoms with Crippen molar-refractivity contribution in [3.8, 4) is 0 Å². The largest absolute Gasteiger partial charge is 0.383 e. The summed E-state index contributed by atoms with van der Waals surface area (Å²) in [6, 6.07) is 1.50. The first kappa shape index (κ1) is 16.6. The second-order valence-electron chi connectivity index (χ2n) is 4.25. The maximum absolute atomic E-state index is 12.7. The first-order valence-electron chi connectivity index (χ1n) is 6.20. The van der Waals surface area contributed by atoms with E-state index in [-0.39, 0.29) is 6.04 Å². The molecule has 110 valence electrons. The summed E-state index contributed by atoms with van der Waals surface area (Å²) in [7, 11) is -0.0742. The van der Waals surface area contributed by atoms with Crippen molar-refractivity contribution in [2.24, 2.45) is 0 Å². The van der Waals surface area contributed by atoms with Gasteiger partial charge in [0, 0.05) is 31.1 Å². The van der Waals surface area contributed by atoms with Gasteiger partial charge in [-0.3, -0.25) is 0 Å². The Hall–Kier alpha value is -0.470. The molecule has 0 aliphatic carbocycles. The number of ether oxygens (including phenoxy) is 1. The van der Waals surface area contributed by atoms with Crippen molar-refractivity contribution < 1.29 is 13.2 Å². The molecule has 0 aliphatic heterocycles. The summed E-state index contributed by atoms with van der Waals surface area (Å²) in [6.45, 7) is 5.07. The molecule has 19 heavy (non-hydrogen) atoms. The lowest BCUT2D eigenvalue weighted by molar-refractivity contribution is 0.142. The second-order valence-corrected chi connectivity index (χ2v) is 7.11. The lowest BCUT2D eigenvalue weighted by Gasteiger charge is -2.26. The minimum atomic E-state index is -3.46. The Labute approximate surface area is 119 Å². The van der Waals surface area contributed by atoms with Crippen LogP contribution in [0.3, 0.4) is 0 Å². The number of nitrogens with one attached hydrogen (secondary N) is 1. The van der Waals surface area contributed by atoms with Gasteiger partial charge in [-0.25, -0.2) is 8.42 Å². The van der Waals surface area contributed by atoms with Crippen LogP contribution in [0, 0.1) is 0 Å². The summed E-state index contributed by atoms with van der Waals surface area (Å²) < 4.78 is 31.9. The van der Waals surface area contributed by atoms with Crippen molar-refractivity contribution >= 4 is 21.4 Å². The summed E-state index contributed by atoms with van der Waals surface area (Å²) in [4.78, 5) is 1.24. The molecule has 0 spiro atoms. The fourth-order valence-electron chi connectivity index (χ4n) is 2.02. The van der Waals surface area contributed by atoms with Crippen LogP contribution in [-0.2, 0) is 21.3 Å². The zero-order chi connectivity index (χ0) is 14.5. The van der Waals surface area contributed by atoms with Gasteiger partial charge in [-0.05, 0) is 25.4 Å². The molecule has 1 aromatic heterocycles. The van der Waals surface area contributed by atoms with Gasteiger partial charge >= 0.3 is 0 Å². The number of rotatable bonds is 8. The van der Waals surface area contributed by atoms with Crippen LogP contribution in [0.15, 0.2) is 16.3 Å². The van der Waals surface area contributed by atoms with Gasteiger partial charge in [-0.2, -0.15) is 4.31 Å². The van der Waals surface area contributed by atoms with Crippen LogP contribution in [0.2, 0.25) is 0 Å². The fraction of sp³-hybridized carbons (Fsp3) is 0.667. The van der Waals surface area contributed by atoms with E-state index < -0.39 is 10.0 Å². The Morgan fingerprint density at radius 3 is 2.74 bits per heavy atom. The number of methoxy groups -OCH3 is 1. The van der Waals surface area contributed by atoms with Crippen molar-refractivity contribution in [1.29, 1.82) is 0 Å². The van der Waals surface area contributed by atoms with Gasteiger partial charge in [0.1, 0.15) is 0 Å². The highest BCUT2D eigenvalue weighted by molar-refractivity contribution is 7.89. The predicted molar refractivity (Wildman–Crippen MR) is 78.0 cm³/mol. The van der Waals surface area contributed by atoms with E-state index in [0.29, 0.717) is 24.6 Å². The normalized spacial score (nSPS) is 13.9. The monoisotopic (exact) mass is 306 g/mol. The number of nitrogens with zero attached hydrogens (tertiary/aromatic N) is 1. The minimum Gasteiger partial charge on any atom is -0.383 e. The molecule has 5 nitrogen and oxygen atoms in total. The van der Waals surface area contributed by atoms with E-state index in [2.05, 4.69) is 5.32 Å². The molecule has 1 rings (SSSR count). The van der Waals surface area contributed by atoms with Gasteiger partial charge in [0.05, 0.1) is 11.5 Å². The number of likely N-dealkylation sites (N-methyl/N-ethyl adjacent to an activating group) is 1. The van der Waals surface area contributed by atoms with Gasteiger partial charge in [0.15, 0.2) is 0 Å². The molecule has 0 amide bonds. The molecule has 7 heteroatoms. The minimum absolute atomic E-state index is 0.178. The van der Waals surface area contributed by atoms with Crippen LogP contribution in [-0.4, -0.2) is 46.1 Å². The highest BCUT2D eigenvalue weighted by Gasteiger charge is 2.30. The van der Waals surface area contributed by atoms with E-state index in [4.69, 9.17) is 4.74 Å². The van der Waals surface area contributed by atoms with Crippen LogP contribution in [0.5, 0.6) is 0 Å². The number of thiophene rings is 1. The summed E-state index contributed by atoms with van der Waals surface area (Å²) >= 11 is 1.45. The first-order valence-corrected chi connectivity index (χ1v) is 8.52. The van der Waals surface area contributed by atoms with Crippen molar-refractivity contribution in [3.05, 3.63) is 16.3 Å². The Morgan fingerprint density at radius 1 is 1.53 bits per heavy atom. The van der Waals surface area contributed by atoms with E-state index >= 15 is 0 Å². The van der Waals surface area contributed by atoms with Crippen molar-refractivity contribution in [3.63, 3.8) is 0 Å². The van der Waals surface area contributed by atoms with Crippen LogP contribution in [0.1, 0.15) is 18.7 Å². The molecule has 0 fully saturated rings. The van der Waals surface area contributed by atoms with Gasteiger partial charge < -0.3 is 10.1 Å². The maximum atomic E-state index is 12.7. The molecule has 0 aliphatic rings. The summed E-state index contributed by atoms with van der Waals surface area (Å²) in [5, 5.41) is 4.81. The van der Waals surface area contributed by atoms with Crippen LogP contribution >= 0.6 is 11.3 Å². The van der Waals surface area contributed by atoms with E-state index in [1.165, 1.54) is 15.6 Å². The zero-order valence-corrected chi connectivity index (χ0v) is 13.5. The Balaban J connectivity index is 3.09. The van der Waals surface area contributed by atoms with Crippen LogP contribution in [0.4, 0.5) is 0 Å². The number of sulfonamides is 1.